The number of hydrogen-bond donors (Lipinski definition) is 1. The van der Waals surface area contributed by atoms with Gasteiger partial charge in [-0.1, -0.05) is 24.1 Å². The number of nitrogens with zero attached hydrogens (tertiary/aromatic N) is 2. The Bertz CT molecular complexity index is 555. The van der Waals surface area contributed by atoms with Crippen molar-refractivity contribution in [3.8, 4) is 0 Å². The highest BCUT2D eigenvalue weighted by molar-refractivity contribution is 6.30. The molecule has 0 unspecified atom stereocenters. The summed E-state index contributed by atoms with van der Waals surface area (Å²) in [7, 11) is 0. The summed E-state index contributed by atoms with van der Waals surface area (Å²) in [4.78, 5) is 4.70. The first-order chi connectivity index (χ1) is 8.75. The molecule has 96 valence electrons. The van der Waals surface area contributed by atoms with E-state index in [1.807, 2.05) is 16.7 Å². The number of nitrogens with one attached hydrogen (secondary N) is 1. The molecule has 0 bridgehead atoms. The third kappa shape index (κ3) is 2.13. The van der Waals surface area contributed by atoms with Crippen LogP contribution >= 0.6 is 11.6 Å². The zero-order chi connectivity index (χ0) is 12.5. The molecule has 0 amide bonds. The summed E-state index contributed by atoms with van der Waals surface area (Å²) in [5, 5.41) is 4.31. The van der Waals surface area contributed by atoms with Crippen LogP contribution in [0.3, 0.4) is 0 Å². The molecule has 1 fully saturated rings. The highest BCUT2D eigenvalue weighted by atomic mass is 35.5. The summed E-state index contributed by atoms with van der Waals surface area (Å²) in [5.74, 6) is 0. The Morgan fingerprint density at radius 2 is 2.39 bits per heavy atom. The first-order valence-corrected chi connectivity index (χ1v) is 6.99. The van der Waals surface area contributed by atoms with E-state index < -0.39 is 0 Å². The predicted octanol–water partition coefficient (Wildman–Crippen LogP) is 2.98. The van der Waals surface area contributed by atoms with Gasteiger partial charge in [0, 0.05) is 18.7 Å². The number of hydrogen-bond acceptors (Lipinski definition) is 2. The fourth-order valence-corrected chi connectivity index (χ4v) is 2.94. The minimum absolute atomic E-state index is 0.529. The van der Waals surface area contributed by atoms with Gasteiger partial charge in [-0.2, -0.15) is 0 Å². The van der Waals surface area contributed by atoms with Crippen molar-refractivity contribution in [1.29, 1.82) is 0 Å². The number of pyridine rings is 1. The number of halogens is 1. The normalized spacial score (nSPS) is 20.4. The molecule has 0 spiro atoms. The molecule has 3 heterocycles. The maximum atomic E-state index is 6.42. The molecule has 0 radical (unpaired) electrons. The maximum absolute atomic E-state index is 6.42. The van der Waals surface area contributed by atoms with Crippen LogP contribution in [0.25, 0.3) is 5.65 Å². The fraction of sp³-hybridized carbons (Fsp3) is 0.500. The molecule has 2 aromatic heterocycles. The number of fused-ring (bicyclic) bond motifs is 1. The van der Waals surface area contributed by atoms with Crippen molar-refractivity contribution in [3.63, 3.8) is 0 Å². The number of aromatic nitrogens is 2. The zero-order valence-corrected chi connectivity index (χ0v) is 11.4. The Morgan fingerprint density at radius 3 is 3.11 bits per heavy atom. The Labute approximate surface area is 112 Å². The lowest BCUT2D eigenvalue weighted by Crippen LogP contribution is -2.35. The van der Waals surface area contributed by atoms with E-state index in [-0.39, 0.29) is 0 Å². The van der Waals surface area contributed by atoms with Crippen molar-refractivity contribution in [2.45, 2.75) is 38.6 Å². The lowest BCUT2D eigenvalue weighted by atomic mass is 10.0. The molecule has 4 heteroatoms. The van der Waals surface area contributed by atoms with Gasteiger partial charge in [-0.15, -0.1) is 0 Å². The van der Waals surface area contributed by atoms with Crippen LogP contribution in [0.15, 0.2) is 18.3 Å². The van der Waals surface area contributed by atoms with Crippen molar-refractivity contribution in [1.82, 2.24) is 14.7 Å². The average molecular weight is 264 g/mol. The molecule has 1 aliphatic heterocycles. The molecule has 1 N–H and O–H groups in total. The number of imidazole rings is 1. The van der Waals surface area contributed by atoms with Crippen LogP contribution in [-0.2, 0) is 6.42 Å². The van der Waals surface area contributed by atoms with Gasteiger partial charge in [-0.3, -0.25) is 4.40 Å². The largest absolute Gasteiger partial charge is 0.314 e. The third-order valence-electron chi connectivity index (χ3n) is 3.70. The second-order valence-corrected chi connectivity index (χ2v) is 5.44. The molecule has 1 aliphatic rings. The van der Waals surface area contributed by atoms with Crippen LogP contribution in [0.5, 0.6) is 0 Å². The SMILES string of the molecule is Cc1cccn2c(Cl)c(C[C@@H]3CCCCN3)nc12. The van der Waals surface area contributed by atoms with E-state index in [2.05, 4.69) is 18.3 Å². The van der Waals surface area contributed by atoms with Gasteiger partial charge in [0.25, 0.3) is 0 Å². The van der Waals surface area contributed by atoms with Crippen LogP contribution in [0.1, 0.15) is 30.5 Å². The summed E-state index contributed by atoms with van der Waals surface area (Å²) in [5.41, 5.74) is 3.17. The Hall–Kier alpha value is -1.06. The van der Waals surface area contributed by atoms with Crippen LogP contribution in [0, 0.1) is 6.92 Å². The van der Waals surface area contributed by atoms with Gasteiger partial charge in [0.1, 0.15) is 10.8 Å². The van der Waals surface area contributed by atoms with Crippen molar-refractivity contribution in [3.05, 3.63) is 34.7 Å². The lowest BCUT2D eigenvalue weighted by Gasteiger charge is -2.22. The predicted molar refractivity (Wildman–Crippen MR) is 74.3 cm³/mol. The molecule has 2 aromatic rings. The topological polar surface area (TPSA) is 29.3 Å². The van der Waals surface area contributed by atoms with E-state index in [0.717, 1.165) is 29.5 Å². The Kier molecular flexibility index (Phi) is 3.27. The molecule has 1 saturated heterocycles. The Balaban J connectivity index is 1.92. The van der Waals surface area contributed by atoms with Crippen molar-refractivity contribution in [2.24, 2.45) is 0 Å². The minimum atomic E-state index is 0.529. The minimum Gasteiger partial charge on any atom is -0.314 e. The van der Waals surface area contributed by atoms with E-state index in [9.17, 15) is 0 Å². The van der Waals surface area contributed by atoms with Crippen molar-refractivity contribution in [2.75, 3.05) is 6.54 Å². The first kappa shape index (κ1) is 12.0. The van der Waals surface area contributed by atoms with Crippen molar-refractivity contribution >= 4 is 17.2 Å². The van der Waals surface area contributed by atoms with Gasteiger partial charge in [0.2, 0.25) is 0 Å². The molecular weight excluding hydrogens is 246 g/mol. The average Bonchev–Trinajstić information content (AvgIpc) is 2.70. The van der Waals surface area contributed by atoms with Gasteiger partial charge >= 0.3 is 0 Å². The smallest absolute Gasteiger partial charge is 0.141 e. The van der Waals surface area contributed by atoms with E-state index >= 15 is 0 Å². The molecular formula is C14H18ClN3. The molecule has 1 atom stereocenters. The zero-order valence-electron chi connectivity index (χ0n) is 10.6. The summed E-state index contributed by atoms with van der Waals surface area (Å²) in [6.45, 7) is 3.19. The summed E-state index contributed by atoms with van der Waals surface area (Å²) in [6, 6.07) is 4.61. The molecule has 18 heavy (non-hydrogen) atoms. The van der Waals surface area contributed by atoms with Gasteiger partial charge in [-0.25, -0.2) is 4.98 Å². The summed E-state index contributed by atoms with van der Waals surface area (Å²) < 4.78 is 1.98. The van der Waals surface area contributed by atoms with Crippen LogP contribution in [0.4, 0.5) is 0 Å². The highest BCUT2D eigenvalue weighted by Gasteiger charge is 2.18. The van der Waals surface area contributed by atoms with Crippen LogP contribution in [-0.4, -0.2) is 22.0 Å². The molecule has 0 aliphatic carbocycles. The monoisotopic (exact) mass is 263 g/mol. The van der Waals surface area contributed by atoms with Gasteiger partial charge < -0.3 is 5.32 Å². The molecule has 3 rings (SSSR count). The number of rotatable bonds is 2. The van der Waals surface area contributed by atoms with Crippen LogP contribution < -0.4 is 5.32 Å². The summed E-state index contributed by atoms with van der Waals surface area (Å²) in [6.07, 6.45) is 6.73. The van der Waals surface area contributed by atoms with Crippen molar-refractivity contribution < 1.29 is 0 Å². The van der Waals surface area contributed by atoms with Gasteiger partial charge in [0.15, 0.2) is 0 Å². The Morgan fingerprint density at radius 1 is 1.50 bits per heavy atom. The molecule has 0 aromatic carbocycles. The number of piperidine rings is 1. The van der Waals surface area contributed by atoms with E-state index in [4.69, 9.17) is 16.6 Å². The van der Waals surface area contributed by atoms with E-state index in [1.54, 1.807) is 0 Å². The standard InChI is InChI=1S/C14H18ClN3/c1-10-5-4-8-18-13(15)12(17-14(10)18)9-11-6-2-3-7-16-11/h4-5,8,11,16H,2-3,6-7,9H2,1H3/t11-/m0/s1. The maximum Gasteiger partial charge on any atom is 0.141 e. The first-order valence-electron chi connectivity index (χ1n) is 6.61. The summed E-state index contributed by atoms with van der Waals surface area (Å²) >= 11 is 6.42. The van der Waals surface area contributed by atoms with E-state index in [0.29, 0.717) is 6.04 Å². The number of aryl methyl sites for hydroxylation is 1. The fourth-order valence-electron chi connectivity index (χ4n) is 2.68. The second kappa shape index (κ2) is 4.90. The van der Waals surface area contributed by atoms with E-state index in [1.165, 1.54) is 24.8 Å². The second-order valence-electron chi connectivity index (χ2n) is 5.09. The third-order valence-corrected chi connectivity index (χ3v) is 4.11. The molecule has 3 nitrogen and oxygen atoms in total. The van der Waals surface area contributed by atoms with Gasteiger partial charge in [0.05, 0.1) is 5.69 Å². The van der Waals surface area contributed by atoms with Gasteiger partial charge in [-0.05, 0) is 37.9 Å². The quantitative estimate of drug-likeness (QED) is 0.903. The van der Waals surface area contributed by atoms with Crippen LogP contribution in [0.2, 0.25) is 5.15 Å². The highest BCUT2D eigenvalue weighted by Crippen LogP contribution is 2.23. The molecule has 0 saturated carbocycles. The lowest BCUT2D eigenvalue weighted by molar-refractivity contribution is 0.397.